The summed E-state index contributed by atoms with van der Waals surface area (Å²) < 4.78 is 29.4. The van der Waals surface area contributed by atoms with Crippen molar-refractivity contribution < 1.29 is 8.78 Å². The number of aryl methyl sites for hydroxylation is 2. The van der Waals surface area contributed by atoms with E-state index in [1.165, 1.54) is 100 Å². The van der Waals surface area contributed by atoms with Crippen molar-refractivity contribution in [3.63, 3.8) is 0 Å². The highest BCUT2D eigenvalue weighted by molar-refractivity contribution is 5.49. The summed E-state index contributed by atoms with van der Waals surface area (Å²) in [7, 11) is 0. The Morgan fingerprint density at radius 3 is 1.30 bits per heavy atom. The largest absolute Gasteiger partial charge is 0.205 e. The minimum atomic E-state index is -0.689. The fourth-order valence-electron chi connectivity index (χ4n) is 4.77. The fraction of sp³-hybridized carbons (Fsp3) is 0.421. The third-order valence-corrected chi connectivity index (χ3v) is 7.27. The predicted octanol–water partition coefficient (Wildman–Crippen LogP) is 10.6. The molecule has 0 bridgehead atoms. The Morgan fingerprint density at radius 2 is 0.825 bits per heavy atom. The van der Waals surface area contributed by atoms with Crippen LogP contribution in [0.4, 0.5) is 8.78 Å². The van der Waals surface area contributed by atoms with Crippen molar-refractivity contribution in [2.24, 2.45) is 0 Å². The number of unbranched alkanes of at least 4 members (excludes halogenated alkanes) is 10. The summed E-state index contributed by atoms with van der Waals surface area (Å²) >= 11 is 0. The van der Waals surface area contributed by atoms with E-state index in [2.05, 4.69) is 61.8 Å². The second-order valence-corrected chi connectivity index (χ2v) is 10.7. The van der Waals surface area contributed by atoms with Crippen LogP contribution in [-0.2, 0) is 12.8 Å². The van der Waals surface area contributed by atoms with Crippen LogP contribution in [0.25, 0.3) is 0 Å². The topological polar surface area (TPSA) is 0 Å². The lowest BCUT2D eigenvalue weighted by molar-refractivity contribution is 0.575. The first kappa shape index (κ1) is 31.2. The molecular formula is C38H44F2. The van der Waals surface area contributed by atoms with Gasteiger partial charge in [0.15, 0.2) is 0 Å². The first-order valence-corrected chi connectivity index (χ1v) is 15.3. The molecule has 0 heterocycles. The molecule has 0 aliphatic carbocycles. The van der Waals surface area contributed by atoms with Crippen molar-refractivity contribution in [2.45, 2.75) is 104 Å². The maximum Gasteiger partial charge on any atom is 0.143 e. The van der Waals surface area contributed by atoms with Gasteiger partial charge in [0.25, 0.3) is 0 Å². The fourth-order valence-corrected chi connectivity index (χ4v) is 4.77. The van der Waals surface area contributed by atoms with E-state index in [4.69, 9.17) is 0 Å². The summed E-state index contributed by atoms with van der Waals surface area (Å²) in [6.45, 7) is 4.46. The van der Waals surface area contributed by atoms with Gasteiger partial charge in [0.2, 0.25) is 0 Å². The smallest absolute Gasteiger partial charge is 0.143 e. The summed E-state index contributed by atoms with van der Waals surface area (Å²) in [6.07, 6.45) is 17.5. The lowest BCUT2D eigenvalue weighted by Crippen LogP contribution is -1.93. The van der Waals surface area contributed by atoms with Gasteiger partial charge in [-0.05, 0) is 73.2 Å². The molecule has 0 saturated heterocycles. The van der Waals surface area contributed by atoms with E-state index in [1.54, 1.807) is 0 Å². The Kier molecular flexibility index (Phi) is 14.1. The zero-order valence-electron chi connectivity index (χ0n) is 24.4. The minimum absolute atomic E-state index is 0.221. The SMILES string of the molecule is CCCCCCCCCCc1ccc(C#Cc2c(F)cc(C#Cc3ccc(CCCCCC)cc3)cc2F)cc1. The maximum absolute atomic E-state index is 14.7. The molecule has 0 spiro atoms. The third-order valence-electron chi connectivity index (χ3n) is 7.27. The standard InChI is InChI=1S/C38H44F2/c1-3-5-7-9-10-11-12-14-16-32-19-23-34(24-20-32)27-28-36-37(39)29-35(30-38(36)40)26-25-33-21-17-31(18-22-33)15-13-8-6-4-2/h17-24,29-30H,3-16H2,1-2H3. The van der Waals surface area contributed by atoms with Gasteiger partial charge in [-0.15, -0.1) is 0 Å². The van der Waals surface area contributed by atoms with Crippen molar-refractivity contribution in [1.29, 1.82) is 0 Å². The van der Waals surface area contributed by atoms with Gasteiger partial charge in [0.1, 0.15) is 11.6 Å². The Balaban J connectivity index is 1.51. The summed E-state index contributed by atoms with van der Waals surface area (Å²) in [5.41, 5.74) is 4.22. The molecule has 0 amide bonds. The van der Waals surface area contributed by atoms with Crippen molar-refractivity contribution in [3.8, 4) is 23.7 Å². The van der Waals surface area contributed by atoms with Crippen LogP contribution in [0.3, 0.4) is 0 Å². The molecule has 3 aromatic carbocycles. The van der Waals surface area contributed by atoms with E-state index in [1.807, 2.05) is 24.3 Å². The lowest BCUT2D eigenvalue weighted by Gasteiger charge is -2.03. The van der Waals surface area contributed by atoms with Crippen LogP contribution in [0.15, 0.2) is 60.7 Å². The Hall–Kier alpha value is -3.36. The number of hydrogen-bond donors (Lipinski definition) is 0. The zero-order valence-corrected chi connectivity index (χ0v) is 24.4. The van der Waals surface area contributed by atoms with Gasteiger partial charge in [0.05, 0.1) is 5.56 Å². The Morgan fingerprint density at radius 1 is 0.450 bits per heavy atom. The molecule has 0 nitrogen and oxygen atoms in total. The Labute approximate surface area is 241 Å². The molecule has 210 valence electrons. The van der Waals surface area contributed by atoms with Gasteiger partial charge in [0, 0.05) is 16.7 Å². The number of benzene rings is 3. The van der Waals surface area contributed by atoms with Crippen LogP contribution in [0, 0.1) is 35.3 Å². The number of rotatable bonds is 14. The summed E-state index contributed by atoms with van der Waals surface area (Å²) in [5, 5.41) is 0. The third kappa shape index (κ3) is 11.4. The molecule has 0 aliphatic heterocycles. The lowest BCUT2D eigenvalue weighted by atomic mass is 10.0. The first-order chi connectivity index (χ1) is 19.6. The normalized spacial score (nSPS) is 10.5. The molecule has 0 aliphatic rings. The van der Waals surface area contributed by atoms with Gasteiger partial charge < -0.3 is 0 Å². The van der Waals surface area contributed by atoms with Crippen LogP contribution in [0.5, 0.6) is 0 Å². The van der Waals surface area contributed by atoms with E-state index in [0.29, 0.717) is 5.56 Å². The van der Waals surface area contributed by atoms with Crippen molar-refractivity contribution in [2.75, 3.05) is 0 Å². The molecule has 2 heteroatoms. The van der Waals surface area contributed by atoms with Gasteiger partial charge in [-0.25, -0.2) is 8.78 Å². The van der Waals surface area contributed by atoms with Gasteiger partial charge >= 0.3 is 0 Å². The molecular weight excluding hydrogens is 494 g/mol. The van der Waals surface area contributed by atoms with Gasteiger partial charge in [-0.1, -0.05) is 126 Å². The minimum Gasteiger partial charge on any atom is -0.205 e. The molecule has 0 saturated carbocycles. The van der Waals surface area contributed by atoms with Crippen LogP contribution in [-0.4, -0.2) is 0 Å². The monoisotopic (exact) mass is 538 g/mol. The molecule has 0 radical (unpaired) electrons. The molecule has 0 atom stereocenters. The predicted molar refractivity (Wildman–Crippen MR) is 165 cm³/mol. The average Bonchev–Trinajstić information content (AvgIpc) is 2.96. The highest BCUT2D eigenvalue weighted by atomic mass is 19.1. The second-order valence-electron chi connectivity index (χ2n) is 10.7. The summed E-state index contributed by atoms with van der Waals surface area (Å²) in [5.74, 6) is 10.1. The van der Waals surface area contributed by atoms with Crippen LogP contribution in [0.2, 0.25) is 0 Å². The van der Waals surface area contributed by atoms with Crippen LogP contribution >= 0.6 is 0 Å². The second kappa shape index (κ2) is 18.1. The molecule has 0 aromatic heterocycles. The maximum atomic E-state index is 14.7. The van der Waals surface area contributed by atoms with E-state index in [-0.39, 0.29) is 5.56 Å². The highest BCUT2D eigenvalue weighted by Crippen LogP contribution is 2.16. The van der Waals surface area contributed by atoms with Crippen LogP contribution in [0.1, 0.15) is 124 Å². The zero-order chi connectivity index (χ0) is 28.4. The van der Waals surface area contributed by atoms with Gasteiger partial charge in [-0.2, -0.15) is 0 Å². The van der Waals surface area contributed by atoms with E-state index in [9.17, 15) is 8.78 Å². The highest BCUT2D eigenvalue weighted by Gasteiger charge is 2.08. The molecule has 0 unspecified atom stereocenters. The molecule has 40 heavy (non-hydrogen) atoms. The molecule has 0 N–H and O–H groups in total. The number of halogens is 2. The summed E-state index contributed by atoms with van der Waals surface area (Å²) in [4.78, 5) is 0. The van der Waals surface area contributed by atoms with E-state index < -0.39 is 11.6 Å². The van der Waals surface area contributed by atoms with Crippen molar-refractivity contribution in [3.05, 3.63) is 106 Å². The number of hydrogen-bond acceptors (Lipinski definition) is 0. The van der Waals surface area contributed by atoms with Crippen molar-refractivity contribution >= 4 is 0 Å². The van der Waals surface area contributed by atoms with Crippen molar-refractivity contribution in [1.82, 2.24) is 0 Å². The van der Waals surface area contributed by atoms with E-state index >= 15 is 0 Å². The van der Waals surface area contributed by atoms with E-state index in [0.717, 1.165) is 24.0 Å². The summed E-state index contributed by atoms with van der Waals surface area (Å²) in [6, 6.07) is 18.6. The molecule has 0 fully saturated rings. The average molecular weight is 539 g/mol. The van der Waals surface area contributed by atoms with Crippen LogP contribution < -0.4 is 0 Å². The Bertz CT molecular complexity index is 1250. The first-order valence-electron chi connectivity index (χ1n) is 15.3. The molecule has 3 rings (SSSR count). The quantitative estimate of drug-likeness (QED) is 0.141. The van der Waals surface area contributed by atoms with Gasteiger partial charge in [-0.3, -0.25) is 0 Å². The molecule has 3 aromatic rings.